The molecule has 0 aliphatic heterocycles. The molecule has 0 bridgehead atoms. The molecule has 1 N–H and O–H groups in total. The van der Waals surface area contributed by atoms with Crippen molar-refractivity contribution < 1.29 is 35.6 Å². The van der Waals surface area contributed by atoms with Crippen LogP contribution in [0.1, 0.15) is 30.0 Å². The quantitative estimate of drug-likeness (QED) is 0.271. The van der Waals surface area contributed by atoms with E-state index in [0.717, 1.165) is 17.2 Å². The molecule has 0 aromatic heterocycles. The van der Waals surface area contributed by atoms with Crippen LogP contribution in [-0.2, 0) is 38.8 Å². The van der Waals surface area contributed by atoms with Crippen molar-refractivity contribution in [2.45, 2.75) is 38.5 Å². The van der Waals surface area contributed by atoms with Crippen LogP contribution < -0.4 is 9.62 Å². The number of amides is 2. The van der Waals surface area contributed by atoms with Gasteiger partial charge in [0.25, 0.3) is 0 Å². The van der Waals surface area contributed by atoms with Gasteiger partial charge in [0.15, 0.2) is 0 Å². The minimum Gasteiger partial charge on any atom is -0.354 e. The molecule has 226 valence electrons. The number of carbonyl (C=O) groups is 2. The third kappa shape index (κ3) is 8.93. The highest BCUT2D eigenvalue weighted by atomic mass is 35.5. The van der Waals surface area contributed by atoms with E-state index in [1.807, 2.05) is 6.92 Å². The molecule has 3 rings (SSSR count). The SMILES string of the molecule is CCCNC(=O)[C@H](Cc1ccccc1)N(Cc1ccc(F)cc1)C(=O)CN(c1cc(C(F)(F)F)ccc1Cl)S(C)(=O)=O. The highest BCUT2D eigenvalue weighted by Crippen LogP contribution is 2.36. The number of sulfonamides is 1. The van der Waals surface area contributed by atoms with E-state index in [4.69, 9.17) is 11.6 Å². The zero-order valence-electron chi connectivity index (χ0n) is 22.9. The van der Waals surface area contributed by atoms with E-state index in [0.29, 0.717) is 40.5 Å². The summed E-state index contributed by atoms with van der Waals surface area (Å²) in [5, 5.41) is 2.43. The Morgan fingerprint density at radius 2 is 1.62 bits per heavy atom. The van der Waals surface area contributed by atoms with Crippen molar-refractivity contribution in [2.75, 3.05) is 23.7 Å². The molecular formula is C29H30ClF4N3O4S. The second-order valence-electron chi connectivity index (χ2n) is 9.58. The summed E-state index contributed by atoms with van der Waals surface area (Å²) >= 11 is 6.13. The van der Waals surface area contributed by atoms with E-state index in [-0.39, 0.29) is 18.0 Å². The first kappa shape index (κ1) is 32.9. The number of nitrogens with zero attached hydrogens (tertiary/aromatic N) is 2. The van der Waals surface area contributed by atoms with Crippen molar-refractivity contribution in [3.8, 4) is 0 Å². The van der Waals surface area contributed by atoms with E-state index in [9.17, 15) is 35.6 Å². The van der Waals surface area contributed by atoms with Crippen molar-refractivity contribution in [3.05, 3.63) is 100 Å². The van der Waals surface area contributed by atoms with Crippen LogP contribution in [0.5, 0.6) is 0 Å². The Kier molecular flexibility index (Phi) is 11.0. The summed E-state index contributed by atoms with van der Waals surface area (Å²) < 4.78 is 80.2. The fraction of sp³-hybridized carbons (Fsp3) is 0.310. The summed E-state index contributed by atoms with van der Waals surface area (Å²) in [7, 11) is -4.34. The van der Waals surface area contributed by atoms with Crippen LogP contribution in [0, 0.1) is 5.82 Å². The molecule has 7 nitrogen and oxygen atoms in total. The number of nitrogens with one attached hydrogen (secondary N) is 1. The molecule has 13 heteroatoms. The van der Waals surface area contributed by atoms with Crippen LogP contribution in [-0.4, -0.2) is 50.5 Å². The van der Waals surface area contributed by atoms with Crippen LogP contribution in [0.2, 0.25) is 5.02 Å². The van der Waals surface area contributed by atoms with Crippen molar-refractivity contribution in [2.24, 2.45) is 0 Å². The highest BCUT2D eigenvalue weighted by molar-refractivity contribution is 7.92. The number of hydrogen-bond acceptors (Lipinski definition) is 4. The minimum absolute atomic E-state index is 0.0481. The van der Waals surface area contributed by atoms with E-state index in [2.05, 4.69) is 5.32 Å². The predicted octanol–water partition coefficient (Wildman–Crippen LogP) is 5.43. The molecule has 0 saturated heterocycles. The van der Waals surface area contributed by atoms with Crippen LogP contribution in [0.15, 0.2) is 72.8 Å². The number of hydrogen-bond donors (Lipinski definition) is 1. The maximum absolute atomic E-state index is 13.9. The Labute approximate surface area is 247 Å². The van der Waals surface area contributed by atoms with Gasteiger partial charge in [-0.1, -0.05) is 61.0 Å². The van der Waals surface area contributed by atoms with Gasteiger partial charge >= 0.3 is 6.18 Å². The molecule has 2 amide bonds. The third-order valence-electron chi connectivity index (χ3n) is 6.31. The lowest BCUT2D eigenvalue weighted by Crippen LogP contribution is -2.53. The number of halogens is 5. The van der Waals surface area contributed by atoms with Gasteiger partial charge in [-0.15, -0.1) is 0 Å². The molecule has 1 atom stereocenters. The van der Waals surface area contributed by atoms with Gasteiger partial charge in [-0.25, -0.2) is 12.8 Å². The average Bonchev–Trinajstić information content (AvgIpc) is 2.93. The fourth-order valence-corrected chi connectivity index (χ4v) is 5.30. The zero-order valence-corrected chi connectivity index (χ0v) is 24.4. The number of benzene rings is 3. The van der Waals surface area contributed by atoms with Crippen molar-refractivity contribution in [1.29, 1.82) is 0 Å². The number of alkyl halides is 3. The lowest BCUT2D eigenvalue weighted by atomic mass is 10.0. The lowest BCUT2D eigenvalue weighted by molar-refractivity contribution is -0.140. The molecule has 0 radical (unpaired) electrons. The van der Waals surface area contributed by atoms with Gasteiger partial charge in [0, 0.05) is 19.5 Å². The van der Waals surface area contributed by atoms with Crippen molar-refractivity contribution in [3.63, 3.8) is 0 Å². The fourth-order valence-electron chi connectivity index (χ4n) is 4.18. The highest BCUT2D eigenvalue weighted by Gasteiger charge is 2.35. The van der Waals surface area contributed by atoms with Crippen molar-refractivity contribution in [1.82, 2.24) is 10.2 Å². The molecule has 42 heavy (non-hydrogen) atoms. The van der Waals surface area contributed by atoms with Crippen LogP contribution in [0.3, 0.4) is 0 Å². The largest absolute Gasteiger partial charge is 0.416 e. The summed E-state index contributed by atoms with van der Waals surface area (Å²) in [4.78, 5) is 28.5. The van der Waals surface area contributed by atoms with E-state index in [1.165, 1.54) is 24.3 Å². The Bertz CT molecular complexity index is 1490. The molecule has 3 aromatic rings. The zero-order chi connectivity index (χ0) is 31.1. The van der Waals surface area contributed by atoms with E-state index in [1.54, 1.807) is 30.3 Å². The Morgan fingerprint density at radius 1 is 0.976 bits per heavy atom. The van der Waals surface area contributed by atoms with Gasteiger partial charge in [-0.2, -0.15) is 13.2 Å². The second kappa shape index (κ2) is 14.0. The molecular weight excluding hydrogens is 598 g/mol. The van der Waals surface area contributed by atoms with Crippen LogP contribution >= 0.6 is 11.6 Å². The average molecular weight is 628 g/mol. The molecule has 0 unspecified atom stereocenters. The smallest absolute Gasteiger partial charge is 0.354 e. The first-order valence-electron chi connectivity index (χ1n) is 12.9. The molecule has 3 aromatic carbocycles. The van der Waals surface area contributed by atoms with Gasteiger partial charge < -0.3 is 10.2 Å². The van der Waals surface area contributed by atoms with Crippen LogP contribution in [0.25, 0.3) is 0 Å². The third-order valence-corrected chi connectivity index (χ3v) is 7.75. The first-order chi connectivity index (χ1) is 19.7. The molecule has 0 saturated carbocycles. The predicted molar refractivity (Wildman–Crippen MR) is 153 cm³/mol. The summed E-state index contributed by atoms with van der Waals surface area (Å²) in [5.74, 6) is -1.93. The topological polar surface area (TPSA) is 86.8 Å². The Balaban J connectivity index is 2.09. The number of anilines is 1. The van der Waals surface area contributed by atoms with Gasteiger partial charge in [0.05, 0.1) is 22.5 Å². The minimum atomic E-state index is -4.81. The Morgan fingerprint density at radius 3 is 2.19 bits per heavy atom. The summed E-state index contributed by atoms with van der Waals surface area (Å²) in [6.45, 7) is 0.978. The van der Waals surface area contributed by atoms with Gasteiger partial charge in [0.1, 0.15) is 18.4 Å². The lowest BCUT2D eigenvalue weighted by Gasteiger charge is -2.33. The standard InChI is InChI=1S/C29H30ClF4N3O4S/c1-3-15-35-28(39)26(16-20-7-5-4-6-8-20)36(18-21-9-12-23(31)13-10-21)27(38)19-37(42(2,40)41)25-17-22(29(32,33)34)11-14-24(25)30/h4-14,17,26H,3,15-16,18-19H2,1-2H3,(H,35,39)/t26-/m0/s1. The molecule has 0 aliphatic rings. The number of carbonyl (C=O) groups excluding carboxylic acids is 2. The second-order valence-corrected chi connectivity index (χ2v) is 11.9. The summed E-state index contributed by atoms with van der Waals surface area (Å²) in [6.07, 6.45) is -3.42. The normalized spacial score (nSPS) is 12.5. The summed E-state index contributed by atoms with van der Waals surface area (Å²) in [6, 6.07) is 15.0. The van der Waals surface area contributed by atoms with Gasteiger partial charge in [0.2, 0.25) is 21.8 Å². The monoisotopic (exact) mass is 627 g/mol. The van der Waals surface area contributed by atoms with Crippen LogP contribution in [0.4, 0.5) is 23.2 Å². The van der Waals surface area contributed by atoms with Crippen molar-refractivity contribution >= 4 is 39.1 Å². The first-order valence-corrected chi connectivity index (χ1v) is 15.1. The van der Waals surface area contributed by atoms with E-state index >= 15 is 0 Å². The van der Waals surface area contributed by atoms with Gasteiger partial charge in [-0.3, -0.25) is 13.9 Å². The maximum Gasteiger partial charge on any atom is 0.416 e. The maximum atomic E-state index is 13.9. The van der Waals surface area contributed by atoms with Gasteiger partial charge in [-0.05, 0) is 47.9 Å². The van der Waals surface area contributed by atoms with E-state index < -0.39 is 57.7 Å². The molecule has 0 fully saturated rings. The molecule has 0 heterocycles. The summed E-state index contributed by atoms with van der Waals surface area (Å²) in [5.41, 5.74) is -0.563. The number of rotatable bonds is 12. The molecule has 0 aliphatic carbocycles. The molecule has 0 spiro atoms. The Hall–Kier alpha value is -3.64.